The van der Waals surface area contributed by atoms with Gasteiger partial charge in [-0.05, 0) is 24.3 Å². The van der Waals surface area contributed by atoms with Crippen molar-refractivity contribution >= 4 is 0 Å². The summed E-state index contributed by atoms with van der Waals surface area (Å²) in [6, 6.07) is 13.4. The summed E-state index contributed by atoms with van der Waals surface area (Å²) in [5.41, 5.74) is 0.895. The Hall–Kier alpha value is -1.91. The summed E-state index contributed by atoms with van der Waals surface area (Å²) >= 11 is 0. The summed E-state index contributed by atoms with van der Waals surface area (Å²) in [5.74, 6) is 0.767. The van der Waals surface area contributed by atoms with Crippen molar-refractivity contribution in [3.63, 3.8) is 0 Å². The van der Waals surface area contributed by atoms with Crippen LogP contribution in [0, 0.1) is 5.82 Å². The van der Waals surface area contributed by atoms with E-state index >= 15 is 0 Å². The number of hydrogen-bond acceptors (Lipinski definition) is 3. The average Bonchev–Trinajstić information content (AvgIpc) is 2.93. The molecule has 0 radical (unpaired) electrons. The van der Waals surface area contributed by atoms with Crippen LogP contribution in [0.1, 0.15) is 11.9 Å². The molecule has 0 bridgehead atoms. The third-order valence-corrected chi connectivity index (χ3v) is 2.78. The molecule has 3 nitrogen and oxygen atoms in total. The van der Waals surface area contributed by atoms with Crippen molar-refractivity contribution in [2.24, 2.45) is 0 Å². The summed E-state index contributed by atoms with van der Waals surface area (Å²) in [5, 5.41) is 0. The molecule has 19 heavy (non-hydrogen) atoms. The van der Waals surface area contributed by atoms with E-state index in [2.05, 4.69) is 0 Å². The maximum absolute atomic E-state index is 13.1. The molecule has 0 atom stereocenters. The van der Waals surface area contributed by atoms with Crippen molar-refractivity contribution in [1.29, 1.82) is 0 Å². The fraction of sp³-hybridized carbons (Fsp3) is 0.200. The van der Waals surface area contributed by atoms with Crippen molar-refractivity contribution in [2.45, 2.75) is 6.29 Å². The molecule has 1 saturated heterocycles. The Morgan fingerprint density at radius 1 is 0.947 bits per heavy atom. The maximum atomic E-state index is 13.1. The van der Waals surface area contributed by atoms with E-state index in [4.69, 9.17) is 14.2 Å². The van der Waals surface area contributed by atoms with E-state index in [1.807, 2.05) is 24.3 Å². The molecule has 1 heterocycles. The lowest BCUT2D eigenvalue weighted by Gasteiger charge is -2.11. The Bertz CT molecular complexity index is 565. The molecule has 98 valence electrons. The summed E-state index contributed by atoms with van der Waals surface area (Å²) in [6.45, 7) is 1.19. The van der Waals surface area contributed by atoms with Crippen molar-refractivity contribution in [2.75, 3.05) is 13.2 Å². The fourth-order valence-corrected chi connectivity index (χ4v) is 1.94. The Balaban J connectivity index is 1.79. The molecule has 0 N–H and O–H groups in total. The van der Waals surface area contributed by atoms with Crippen LogP contribution in [0.5, 0.6) is 11.5 Å². The largest absolute Gasteiger partial charge is 0.457 e. The molecule has 0 aromatic heterocycles. The zero-order chi connectivity index (χ0) is 13.1. The zero-order valence-electron chi connectivity index (χ0n) is 10.2. The Morgan fingerprint density at radius 3 is 2.37 bits per heavy atom. The summed E-state index contributed by atoms with van der Waals surface area (Å²) < 4.78 is 29.5. The highest BCUT2D eigenvalue weighted by Gasteiger charge is 2.18. The molecule has 1 aliphatic rings. The third-order valence-electron chi connectivity index (χ3n) is 2.78. The van der Waals surface area contributed by atoms with Crippen molar-refractivity contribution in [3.8, 4) is 11.5 Å². The predicted molar refractivity (Wildman–Crippen MR) is 67.6 cm³/mol. The minimum Gasteiger partial charge on any atom is -0.457 e. The van der Waals surface area contributed by atoms with Crippen molar-refractivity contribution < 1.29 is 18.6 Å². The zero-order valence-corrected chi connectivity index (χ0v) is 10.2. The normalized spacial score (nSPS) is 15.6. The SMILES string of the molecule is Fc1cccc(Oc2cccc(C3OCCO3)c2)c1. The highest BCUT2D eigenvalue weighted by atomic mass is 19.1. The molecule has 0 spiro atoms. The van der Waals surface area contributed by atoms with Gasteiger partial charge in [0.15, 0.2) is 6.29 Å². The minimum atomic E-state index is -0.337. The van der Waals surface area contributed by atoms with E-state index in [9.17, 15) is 4.39 Å². The lowest BCUT2D eigenvalue weighted by atomic mass is 10.2. The van der Waals surface area contributed by atoms with Gasteiger partial charge in [0.2, 0.25) is 0 Å². The Morgan fingerprint density at radius 2 is 1.63 bits per heavy atom. The molecule has 0 aliphatic carbocycles. The minimum absolute atomic E-state index is 0.323. The third kappa shape index (κ3) is 2.92. The van der Waals surface area contributed by atoms with Gasteiger partial charge in [-0.2, -0.15) is 0 Å². The van der Waals surface area contributed by atoms with Gasteiger partial charge < -0.3 is 14.2 Å². The van der Waals surface area contributed by atoms with Crippen LogP contribution in [-0.4, -0.2) is 13.2 Å². The predicted octanol–water partition coefficient (Wildman–Crippen LogP) is 3.66. The summed E-state index contributed by atoms with van der Waals surface area (Å²) in [4.78, 5) is 0. The van der Waals surface area contributed by atoms with Crippen molar-refractivity contribution in [1.82, 2.24) is 0 Å². The van der Waals surface area contributed by atoms with Gasteiger partial charge in [0.1, 0.15) is 17.3 Å². The number of halogens is 1. The topological polar surface area (TPSA) is 27.7 Å². The first-order valence-electron chi connectivity index (χ1n) is 6.08. The molecule has 0 unspecified atom stereocenters. The fourth-order valence-electron chi connectivity index (χ4n) is 1.94. The quantitative estimate of drug-likeness (QED) is 0.842. The molecule has 2 aromatic carbocycles. The van der Waals surface area contributed by atoms with Gasteiger partial charge in [0, 0.05) is 11.6 Å². The van der Waals surface area contributed by atoms with Gasteiger partial charge >= 0.3 is 0 Å². The lowest BCUT2D eigenvalue weighted by molar-refractivity contribution is -0.0442. The molecule has 1 aliphatic heterocycles. The van der Waals surface area contributed by atoms with Crippen LogP contribution in [0.4, 0.5) is 4.39 Å². The van der Waals surface area contributed by atoms with Crippen LogP contribution in [-0.2, 0) is 9.47 Å². The number of hydrogen-bond donors (Lipinski definition) is 0. The molecular formula is C15H13FO3. The molecule has 1 fully saturated rings. The van der Waals surface area contributed by atoms with E-state index in [1.54, 1.807) is 12.1 Å². The van der Waals surface area contributed by atoms with Gasteiger partial charge in [-0.3, -0.25) is 0 Å². The van der Waals surface area contributed by atoms with E-state index < -0.39 is 0 Å². The van der Waals surface area contributed by atoms with Crippen LogP contribution in [0.2, 0.25) is 0 Å². The Labute approximate surface area is 110 Å². The number of ether oxygens (including phenoxy) is 3. The molecule has 0 saturated carbocycles. The number of benzene rings is 2. The average molecular weight is 260 g/mol. The van der Waals surface area contributed by atoms with Gasteiger partial charge in [0.25, 0.3) is 0 Å². The van der Waals surface area contributed by atoms with Crippen LogP contribution in [0.25, 0.3) is 0 Å². The van der Waals surface area contributed by atoms with Crippen LogP contribution in [0.15, 0.2) is 48.5 Å². The first-order valence-corrected chi connectivity index (χ1v) is 6.08. The molecule has 2 aromatic rings. The second kappa shape index (κ2) is 5.38. The van der Waals surface area contributed by atoms with Gasteiger partial charge in [0.05, 0.1) is 13.2 Å². The van der Waals surface area contributed by atoms with E-state index in [-0.39, 0.29) is 12.1 Å². The van der Waals surface area contributed by atoms with Gasteiger partial charge in [-0.15, -0.1) is 0 Å². The molecule has 0 amide bonds. The van der Waals surface area contributed by atoms with E-state index in [0.717, 1.165) is 5.56 Å². The standard InChI is InChI=1S/C15H13FO3/c16-12-4-2-6-14(10-12)19-13-5-1-3-11(9-13)15-17-7-8-18-15/h1-6,9-10,15H,7-8H2. The lowest BCUT2D eigenvalue weighted by Crippen LogP contribution is -1.98. The molecule has 3 rings (SSSR count). The van der Waals surface area contributed by atoms with Crippen LogP contribution in [0.3, 0.4) is 0 Å². The first kappa shape index (κ1) is 12.1. The highest BCUT2D eigenvalue weighted by molar-refractivity contribution is 5.34. The highest BCUT2D eigenvalue weighted by Crippen LogP contribution is 2.28. The second-order valence-corrected chi connectivity index (χ2v) is 4.21. The first-order chi connectivity index (χ1) is 9.31. The summed E-state index contributed by atoms with van der Waals surface area (Å²) in [7, 11) is 0. The number of rotatable bonds is 3. The smallest absolute Gasteiger partial charge is 0.184 e. The molecular weight excluding hydrogens is 247 g/mol. The summed E-state index contributed by atoms with van der Waals surface area (Å²) in [6.07, 6.45) is -0.337. The van der Waals surface area contributed by atoms with E-state index in [1.165, 1.54) is 12.1 Å². The monoisotopic (exact) mass is 260 g/mol. The maximum Gasteiger partial charge on any atom is 0.184 e. The molecule has 4 heteroatoms. The van der Waals surface area contributed by atoms with Crippen molar-refractivity contribution in [3.05, 3.63) is 59.9 Å². The van der Waals surface area contributed by atoms with E-state index in [0.29, 0.717) is 24.7 Å². The second-order valence-electron chi connectivity index (χ2n) is 4.21. The van der Waals surface area contributed by atoms with Crippen LogP contribution < -0.4 is 4.74 Å². The van der Waals surface area contributed by atoms with Gasteiger partial charge in [-0.25, -0.2) is 4.39 Å². The van der Waals surface area contributed by atoms with Gasteiger partial charge in [-0.1, -0.05) is 18.2 Å². The van der Waals surface area contributed by atoms with Crippen LogP contribution >= 0.6 is 0 Å². The Kier molecular flexibility index (Phi) is 3.44.